The molecule has 2 fully saturated rings. The van der Waals surface area contributed by atoms with E-state index in [1.54, 1.807) is 24.3 Å². The molecule has 2 heterocycles. The average molecular weight is 516 g/mol. The van der Waals surface area contributed by atoms with Crippen molar-refractivity contribution in [3.05, 3.63) is 24.3 Å². The second-order valence-electron chi connectivity index (χ2n) is 8.66. The van der Waals surface area contributed by atoms with E-state index in [4.69, 9.17) is 24.7 Å². The van der Waals surface area contributed by atoms with Gasteiger partial charge in [0.1, 0.15) is 54.5 Å². The number of nitrogens with two attached hydrogens (primary N) is 1. The molecule has 9 N–H and O–H groups in total. The maximum atomic E-state index is 11.9. The lowest BCUT2D eigenvalue weighted by Gasteiger charge is -2.48. The van der Waals surface area contributed by atoms with Crippen molar-refractivity contribution in [2.75, 3.05) is 18.9 Å². The van der Waals surface area contributed by atoms with Crippen LogP contribution in [-0.4, -0.2) is 112 Å². The van der Waals surface area contributed by atoms with Crippen LogP contribution in [0, 0.1) is 0 Å². The number of carbonyl (C=O) groups excluding carboxylic acids is 2. The van der Waals surface area contributed by atoms with Crippen molar-refractivity contribution in [2.24, 2.45) is 0 Å². The molecule has 0 bridgehead atoms. The van der Waals surface area contributed by atoms with E-state index in [0.29, 0.717) is 11.4 Å². The van der Waals surface area contributed by atoms with Crippen LogP contribution in [0.25, 0.3) is 0 Å². The number of ether oxygens (including phenoxy) is 4. The topological polar surface area (TPSA) is 222 Å². The van der Waals surface area contributed by atoms with Crippen molar-refractivity contribution in [3.8, 4) is 5.75 Å². The van der Waals surface area contributed by atoms with E-state index in [1.807, 2.05) is 0 Å². The molecule has 2 aliphatic heterocycles. The first-order valence-electron chi connectivity index (χ1n) is 11.3. The molecule has 1 aromatic rings. The van der Waals surface area contributed by atoms with E-state index in [2.05, 4.69) is 10.6 Å². The van der Waals surface area contributed by atoms with Gasteiger partial charge in [-0.2, -0.15) is 0 Å². The second-order valence-corrected chi connectivity index (χ2v) is 8.66. The molecular formula is C22H33N3O11. The third-order valence-corrected chi connectivity index (χ3v) is 5.90. The number of anilines is 1. The number of hydrogen-bond donors (Lipinski definition) is 8. The summed E-state index contributed by atoms with van der Waals surface area (Å²) in [4.78, 5) is 23.6. The van der Waals surface area contributed by atoms with Crippen molar-refractivity contribution in [3.63, 3.8) is 0 Å². The smallest absolute Gasteiger partial charge is 0.223 e. The zero-order valence-corrected chi connectivity index (χ0v) is 19.8. The lowest BCUT2D eigenvalue weighted by molar-refractivity contribution is -0.325. The van der Waals surface area contributed by atoms with Gasteiger partial charge < -0.3 is 60.8 Å². The van der Waals surface area contributed by atoms with E-state index in [9.17, 15) is 35.1 Å². The minimum absolute atomic E-state index is 0.317. The van der Waals surface area contributed by atoms with Gasteiger partial charge >= 0.3 is 0 Å². The van der Waals surface area contributed by atoms with Crippen LogP contribution < -0.4 is 21.1 Å². The highest BCUT2D eigenvalue weighted by Crippen LogP contribution is 2.30. The molecule has 0 spiro atoms. The first-order chi connectivity index (χ1) is 17.0. The standard InChI is InChI=1S/C22H33N3O11/c1-9(28)24-15-18(31)17(30)13(7-26)34-22(15)36-20-14(8-27)35-21(16(19(20)32)25-10(2)29)33-12-5-3-11(23)4-6-12/h3-6,13-22,26-27,30-32H,7-8,23H2,1-2H3,(H,24,28)(H,25,29). The molecule has 10 unspecified atom stereocenters. The molecule has 14 nitrogen and oxygen atoms in total. The second kappa shape index (κ2) is 12.1. The van der Waals surface area contributed by atoms with Gasteiger partial charge in [-0.3, -0.25) is 9.59 Å². The Labute approximate surface area is 206 Å². The largest absolute Gasteiger partial charge is 0.463 e. The fourth-order valence-electron chi connectivity index (χ4n) is 4.15. The Morgan fingerprint density at radius 3 is 1.92 bits per heavy atom. The molecule has 3 rings (SSSR count). The molecule has 0 radical (unpaired) electrons. The number of hydrogen-bond acceptors (Lipinski definition) is 12. The molecule has 14 heteroatoms. The van der Waals surface area contributed by atoms with Gasteiger partial charge in [0.15, 0.2) is 6.29 Å². The number of nitrogen functional groups attached to an aromatic ring is 1. The Balaban J connectivity index is 1.86. The van der Waals surface area contributed by atoms with Crippen LogP contribution in [0.4, 0.5) is 5.69 Å². The molecule has 36 heavy (non-hydrogen) atoms. The zero-order valence-electron chi connectivity index (χ0n) is 19.8. The number of carbonyl (C=O) groups is 2. The molecular weight excluding hydrogens is 482 g/mol. The summed E-state index contributed by atoms with van der Waals surface area (Å²) in [6.07, 6.45) is -11.2. The summed E-state index contributed by atoms with van der Waals surface area (Å²) in [5.74, 6) is -0.770. The summed E-state index contributed by atoms with van der Waals surface area (Å²) in [6.45, 7) is 1.07. The van der Waals surface area contributed by atoms with Crippen LogP contribution in [-0.2, 0) is 23.8 Å². The van der Waals surface area contributed by atoms with Gasteiger partial charge in [-0.25, -0.2) is 0 Å². The highest BCUT2D eigenvalue weighted by Gasteiger charge is 2.52. The predicted molar refractivity (Wildman–Crippen MR) is 121 cm³/mol. The van der Waals surface area contributed by atoms with E-state index in [1.165, 1.54) is 13.8 Å². The Bertz CT molecular complexity index is 888. The van der Waals surface area contributed by atoms with Crippen LogP contribution in [0.2, 0.25) is 0 Å². The van der Waals surface area contributed by atoms with Crippen molar-refractivity contribution in [2.45, 2.75) is 75.1 Å². The molecule has 0 aromatic heterocycles. The highest BCUT2D eigenvalue weighted by molar-refractivity contribution is 5.73. The maximum Gasteiger partial charge on any atom is 0.223 e. The number of aliphatic hydroxyl groups is 5. The fraction of sp³-hybridized carbons (Fsp3) is 0.636. The van der Waals surface area contributed by atoms with Crippen LogP contribution in [0.15, 0.2) is 24.3 Å². The van der Waals surface area contributed by atoms with Gasteiger partial charge in [0, 0.05) is 19.5 Å². The monoisotopic (exact) mass is 515 g/mol. The minimum atomic E-state index is -1.59. The van der Waals surface area contributed by atoms with Crippen molar-refractivity contribution in [1.82, 2.24) is 10.6 Å². The van der Waals surface area contributed by atoms with E-state index in [-0.39, 0.29) is 0 Å². The minimum Gasteiger partial charge on any atom is -0.463 e. The summed E-state index contributed by atoms with van der Waals surface area (Å²) in [5.41, 5.74) is 6.17. The zero-order chi connectivity index (χ0) is 26.6. The molecule has 1 aromatic carbocycles. The Kier molecular flexibility index (Phi) is 9.43. The van der Waals surface area contributed by atoms with Crippen LogP contribution >= 0.6 is 0 Å². The van der Waals surface area contributed by atoms with Gasteiger partial charge in [-0.15, -0.1) is 0 Å². The van der Waals surface area contributed by atoms with Crippen molar-refractivity contribution in [1.29, 1.82) is 0 Å². The Morgan fingerprint density at radius 1 is 0.861 bits per heavy atom. The van der Waals surface area contributed by atoms with E-state index < -0.39 is 86.3 Å². The normalized spacial score (nSPS) is 36.6. The predicted octanol–water partition coefficient (Wildman–Crippen LogP) is -3.44. The lowest BCUT2D eigenvalue weighted by Crippen LogP contribution is -2.69. The molecule has 2 saturated heterocycles. The number of benzene rings is 1. The van der Waals surface area contributed by atoms with Crippen LogP contribution in [0.3, 0.4) is 0 Å². The summed E-state index contributed by atoms with van der Waals surface area (Å²) < 4.78 is 23.0. The van der Waals surface area contributed by atoms with Crippen LogP contribution in [0.1, 0.15) is 13.8 Å². The van der Waals surface area contributed by atoms with Crippen molar-refractivity contribution < 1.29 is 54.1 Å². The van der Waals surface area contributed by atoms with E-state index >= 15 is 0 Å². The summed E-state index contributed by atoms with van der Waals surface area (Å²) in [7, 11) is 0. The summed E-state index contributed by atoms with van der Waals surface area (Å²) in [5, 5.41) is 56.4. The number of nitrogens with one attached hydrogen (secondary N) is 2. The van der Waals surface area contributed by atoms with E-state index in [0.717, 1.165) is 0 Å². The SMILES string of the molecule is CC(=O)NC1C(OC2C(CO)OC(Oc3ccc(N)cc3)C(NC(C)=O)C2O)OC(CO)C(O)C1O. The fourth-order valence-corrected chi connectivity index (χ4v) is 4.15. The van der Waals surface area contributed by atoms with Gasteiger partial charge in [-0.05, 0) is 24.3 Å². The maximum absolute atomic E-state index is 11.9. The first kappa shape index (κ1) is 28.0. The average Bonchev–Trinajstić information content (AvgIpc) is 2.83. The number of aliphatic hydroxyl groups excluding tert-OH is 5. The Hall–Kier alpha value is -2.56. The quantitative estimate of drug-likeness (QED) is 0.158. The molecule has 0 aliphatic carbocycles. The summed E-state index contributed by atoms with van der Waals surface area (Å²) >= 11 is 0. The first-order valence-corrected chi connectivity index (χ1v) is 11.3. The molecule has 0 saturated carbocycles. The summed E-state index contributed by atoms with van der Waals surface area (Å²) in [6, 6.07) is 3.80. The van der Waals surface area contributed by atoms with Gasteiger partial charge in [-0.1, -0.05) is 0 Å². The third-order valence-electron chi connectivity index (χ3n) is 5.90. The molecule has 2 aliphatic rings. The van der Waals surface area contributed by atoms with Gasteiger partial charge in [0.25, 0.3) is 0 Å². The van der Waals surface area contributed by atoms with Crippen LogP contribution in [0.5, 0.6) is 5.75 Å². The third kappa shape index (κ3) is 6.41. The lowest BCUT2D eigenvalue weighted by atomic mass is 9.94. The number of amides is 2. The molecule has 2 amide bonds. The number of rotatable bonds is 8. The van der Waals surface area contributed by atoms with Gasteiger partial charge in [0.2, 0.25) is 18.1 Å². The van der Waals surface area contributed by atoms with Crippen molar-refractivity contribution >= 4 is 17.5 Å². The van der Waals surface area contributed by atoms with Gasteiger partial charge in [0.05, 0.1) is 13.2 Å². The molecule has 202 valence electrons. The highest BCUT2D eigenvalue weighted by atomic mass is 16.7. The Morgan fingerprint density at radius 2 is 1.39 bits per heavy atom. The molecule has 10 atom stereocenters.